The first-order valence-corrected chi connectivity index (χ1v) is 12.2. The number of ketones is 1. The third-order valence-corrected chi connectivity index (χ3v) is 6.82. The lowest BCUT2D eigenvalue weighted by Gasteiger charge is -2.29. The molecule has 10 nitrogen and oxygen atoms in total. The number of benzene rings is 2. The van der Waals surface area contributed by atoms with E-state index in [1.165, 1.54) is 23.1 Å². The minimum Gasteiger partial charge on any atom is -0.503 e. The van der Waals surface area contributed by atoms with Crippen LogP contribution in [0.2, 0.25) is 0 Å². The molecule has 10 heteroatoms. The highest BCUT2D eigenvalue weighted by atomic mass is 16.6. The molecule has 1 amide bonds. The van der Waals surface area contributed by atoms with Crippen LogP contribution < -0.4 is 0 Å². The van der Waals surface area contributed by atoms with Crippen LogP contribution in [0.1, 0.15) is 34.1 Å². The Labute approximate surface area is 212 Å². The fourth-order valence-corrected chi connectivity index (χ4v) is 4.97. The van der Waals surface area contributed by atoms with Crippen LogP contribution in [-0.4, -0.2) is 70.9 Å². The van der Waals surface area contributed by atoms with Gasteiger partial charge in [0, 0.05) is 43.7 Å². The molecule has 1 aromatic heterocycles. The molecule has 37 heavy (non-hydrogen) atoms. The summed E-state index contributed by atoms with van der Waals surface area (Å²) in [6, 6.07) is 11.9. The Hall–Kier alpha value is -4.02. The number of furan rings is 1. The predicted molar refractivity (Wildman–Crippen MR) is 134 cm³/mol. The molecular formula is C27H27N3O7. The highest BCUT2D eigenvalue weighted by Crippen LogP contribution is 2.40. The first-order valence-electron chi connectivity index (χ1n) is 12.2. The van der Waals surface area contributed by atoms with Crippen molar-refractivity contribution in [2.24, 2.45) is 0 Å². The van der Waals surface area contributed by atoms with E-state index in [9.17, 15) is 24.8 Å². The molecule has 1 fully saturated rings. The van der Waals surface area contributed by atoms with Gasteiger partial charge in [0.25, 0.3) is 11.6 Å². The summed E-state index contributed by atoms with van der Waals surface area (Å²) in [4.78, 5) is 41.5. The van der Waals surface area contributed by atoms with Gasteiger partial charge in [-0.3, -0.25) is 24.6 Å². The Balaban J connectivity index is 1.49. The van der Waals surface area contributed by atoms with E-state index in [0.29, 0.717) is 37.3 Å². The highest BCUT2D eigenvalue weighted by Gasteiger charge is 2.44. The molecule has 3 heterocycles. The molecule has 2 aromatic carbocycles. The summed E-state index contributed by atoms with van der Waals surface area (Å²) >= 11 is 0. The van der Waals surface area contributed by atoms with Gasteiger partial charge in [-0.05, 0) is 37.1 Å². The highest BCUT2D eigenvalue weighted by molar-refractivity contribution is 6.16. The number of hydrogen-bond donors (Lipinski definition) is 1. The van der Waals surface area contributed by atoms with Crippen LogP contribution in [0.25, 0.3) is 11.0 Å². The average molecular weight is 506 g/mol. The summed E-state index contributed by atoms with van der Waals surface area (Å²) in [5, 5.41) is 23.1. The number of ether oxygens (including phenoxy) is 1. The second-order valence-corrected chi connectivity index (χ2v) is 9.30. The zero-order valence-electron chi connectivity index (χ0n) is 20.4. The number of aryl methyl sites for hydroxylation is 1. The number of nitro groups is 1. The number of carbonyl (C=O) groups is 2. The Morgan fingerprint density at radius 3 is 2.68 bits per heavy atom. The SMILES string of the molecule is Cc1ccc2oc(C(=O)C3=C(O)C(=O)N(CCCN4CCOCC4)C3c3cccc([N+](=O)[O-])c3)cc2c1. The molecule has 2 aliphatic heterocycles. The minimum atomic E-state index is -0.987. The second-order valence-electron chi connectivity index (χ2n) is 9.30. The van der Waals surface area contributed by atoms with Gasteiger partial charge >= 0.3 is 0 Å². The molecule has 1 saturated heterocycles. The number of aliphatic hydroxyl groups is 1. The fourth-order valence-electron chi connectivity index (χ4n) is 4.97. The summed E-state index contributed by atoms with van der Waals surface area (Å²) in [5.41, 5.74) is 1.55. The maximum absolute atomic E-state index is 13.7. The molecule has 0 aliphatic carbocycles. The zero-order chi connectivity index (χ0) is 26.1. The van der Waals surface area contributed by atoms with E-state index < -0.39 is 28.4 Å². The molecule has 2 aliphatic rings. The summed E-state index contributed by atoms with van der Waals surface area (Å²) in [5.74, 6) is -1.99. The number of nitro benzene ring substituents is 1. The first kappa shape index (κ1) is 24.7. The van der Waals surface area contributed by atoms with Gasteiger partial charge in [-0.2, -0.15) is 0 Å². The first-order chi connectivity index (χ1) is 17.8. The van der Waals surface area contributed by atoms with E-state index in [1.54, 1.807) is 18.2 Å². The number of amides is 1. The average Bonchev–Trinajstić information content (AvgIpc) is 3.43. The molecular weight excluding hydrogens is 478 g/mol. The molecule has 0 saturated carbocycles. The quantitative estimate of drug-likeness (QED) is 0.277. The number of hydrogen-bond acceptors (Lipinski definition) is 8. The largest absolute Gasteiger partial charge is 0.503 e. The van der Waals surface area contributed by atoms with Crippen LogP contribution in [0.4, 0.5) is 5.69 Å². The topological polar surface area (TPSA) is 126 Å². The molecule has 0 bridgehead atoms. The summed E-state index contributed by atoms with van der Waals surface area (Å²) < 4.78 is 11.2. The number of morpholine rings is 1. The van der Waals surface area contributed by atoms with E-state index in [-0.39, 0.29) is 23.6 Å². The van der Waals surface area contributed by atoms with Crippen molar-refractivity contribution in [3.05, 3.63) is 86.9 Å². The standard InChI is InChI=1S/C27H27N3O7/c1-17-6-7-21-19(14-17)16-22(37-21)25(31)23-24(18-4-2-5-20(15-18)30(34)35)29(27(33)26(23)32)9-3-8-28-10-12-36-13-11-28/h2,4-7,14-16,24,32H,3,8-13H2,1H3. The summed E-state index contributed by atoms with van der Waals surface area (Å²) in [6.45, 7) is 5.77. The van der Waals surface area contributed by atoms with E-state index in [2.05, 4.69) is 4.90 Å². The number of Topliss-reactive ketones (excluding diaryl/α,β-unsaturated/α-hetero) is 1. The third-order valence-electron chi connectivity index (χ3n) is 6.82. The maximum atomic E-state index is 13.7. The lowest BCUT2D eigenvalue weighted by molar-refractivity contribution is -0.384. The van der Waals surface area contributed by atoms with Crippen molar-refractivity contribution >= 4 is 28.3 Å². The lowest BCUT2D eigenvalue weighted by atomic mass is 9.94. The van der Waals surface area contributed by atoms with Gasteiger partial charge in [0.05, 0.1) is 29.8 Å². The van der Waals surface area contributed by atoms with Crippen LogP contribution in [0.3, 0.4) is 0 Å². The number of carbonyl (C=O) groups excluding carboxylic acids is 2. The van der Waals surface area contributed by atoms with E-state index >= 15 is 0 Å². The van der Waals surface area contributed by atoms with E-state index in [4.69, 9.17) is 9.15 Å². The normalized spacial score (nSPS) is 18.7. The number of fused-ring (bicyclic) bond motifs is 1. The Morgan fingerprint density at radius 2 is 1.92 bits per heavy atom. The second kappa shape index (κ2) is 10.2. The lowest BCUT2D eigenvalue weighted by Crippen LogP contribution is -2.39. The molecule has 0 radical (unpaired) electrons. The van der Waals surface area contributed by atoms with Gasteiger partial charge < -0.3 is 19.2 Å². The maximum Gasteiger partial charge on any atom is 0.290 e. The third kappa shape index (κ3) is 4.85. The zero-order valence-corrected chi connectivity index (χ0v) is 20.4. The Bertz CT molecular complexity index is 1400. The molecule has 3 aromatic rings. The van der Waals surface area contributed by atoms with Crippen LogP contribution in [-0.2, 0) is 9.53 Å². The number of aliphatic hydroxyl groups excluding tert-OH is 1. The van der Waals surface area contributed by atoms with Gasteiger partial charge in [-0.25, -0.2) is 0 Å². The van der Waals surface area contributed by atoms with Crippen molar-refractivity contribution in [3.63, 3.8) is 0 Å². The van der Waals surface area contributed by atoms with Crippen LogP contribution in [0.15, 0.2) is 64.3 Å². The Morgan fingerprint density at radius 1 is 1.14 bits per heavy atom. The number of non-ortho nitro benzene ring substituents is 1. The van der Waals surface area contributed by atoms with Crippen molar-refractivity contribution in [1.29, 1.82) is 0 Å². The van der Waals surface area contributed by atoms with Crippen molar-refractivity contribution < 1.29 is 28.8 Å². The number of rotatable bonds is 8. The molecule has 1 unspecified atom stereocenters. The molecule has 1 atom stereocenters. The molecule has 1 N–H and O–H groups in total. The molecule has 0 spiro atoms. The van der Waals surface area contributed by atoms with E-state index in [0.717, 1.165) is 24.0 Å². The number of nitrogens with zero attached hydrogens (tertiary/aromatic N) is 3. The van der Waals surface area contributed by atoms with Crippen LogP contribution in [0.5, 0.6) is 0 Å². The van der Waals surface area contributed by atoms with Gasteiger partial charge in [-0.15, -0.1) is 0 Å². The van der Waals surface area contributed by atoms with Crippen molar-refractivity contribution in [2.75, 3.05) is 39.4 Å². The van der Waals surface area contributed by atoms with Crippen molar-refractivity contribution in [3.8, 4) is 0 Å². The monoisotopic (exact) mass is 505 g/mol. The van der Waals surface area contributed by atoms with Crippen LogP contribution in [0, 0.1) is 17.0 Å². The van der Waals surface area contributed by atoms with Crippen LogP contribution >= 0.6 is 0 Å². The Kier molecular flexibility index (Phi) is 6.77. The van der Waals surface area contributed by atoms with Crippen molar-refractivity contribution in [1.82, 2.24) is 9.80 Å². The van der Waals surface area contributed by atoms with Gasteiger partial charge in [0.1, 0.15) is 5.58 Å². The molecule has 192 valence electrons. The van der Waals surface area contributed by atoms with Gasteiger partial charge in [0.2, 0.25) is 5.78 Å². The van der Waals surface area contributed by atoms with Gasteiger partial charge in [0.15, 0.2) is 11.5 Å². The molecule has 5 rings (SSSR count). The van der Waals surface area contributed by atoms with Crippen molar-refractivity contribution in [2.45, 2.75) is 19.4 Å². The van der Waals surface area contributed by atoms with Gasteiger partial charge in [-0.1, -0.05) is 23.8 Å². The summed E-state index contributed by atoms with van der Waals surface area (Å²) in [6.07, 6.45) is 0.593. The van der Waals surface area contributed by atoms with E-state index in [1.807, 2.05) is 19.1 Å². The summed E-state index contributed by atoms with van der Waals surface area (Å²) in [7, 11) is 0. The smallest absolute Gasteiger partial charge is 0.290 e. The minimum absolute atomic E-state index is 0.0134. The predicted octanol–water partition coefficient (Wildman–Crippen LogP) is 3.95. The fraction of sp³-hybridized carbons (Fsp3) is 0.333.